The fraction of sp³-hybridized carbons (Fsp3) is 0.471. The SMILES string of the molecule is CCCCN(CCCC)C(=O)c1nn(-c2ccccc2)c(=O)[nH]1. The highest BCUT2D eigenvalue weighted by Gasteiger charge is 2.20. The van der Waals surface area contributed by atoms with Crippen LogP contribution in [0.5, 0.6) is 0 Å². The van der Waals surface area contributed by atoms with Crippen LogP contribution in [-0.4, -0.2) is 38.7 Å². The number of aromatic nitrogens is 3. The lowest BCUT2D eigenvalue weighted by Crippen LogP contribution is -2.33. The van der Waals surface area contributed by atoms with E-state index in [2.05, 4.69) is 23.9 Å². The maximum Gasteiger partial charge on any atom is 0.348 e. The van der Waals surface area contributed by atoms with Crippen molar-refractivity contribution in [3.05, 3.63) is 46.6 Å². The van der Waals surface area contributed by atoms with Gasteiger partial charge in [-0.3, -0.25) is 9.78 Å². The van der Waals surface area contributed by atoms with E-state index in [1.165, 1.54) is 4.68 Å². The topological polar surface area (TPSA) is 71.0 Å². The van der Waals surface area contributed by atoms with Gasteiger partial charge >= 0.3 is 5.69 Å². The van der Waals surface area contributed by atoms with Gasteiger partial charge in [0.2, 0.25) is 5.82 Å². The van der Waals surface area contributed by atoms with E-state index in [1.54, 1.807) is 17.0 Å². The molecule has 0 fully saturated rings. The van der Waals surface area contributed by atoms with Crippen molar-refractivity contribution in [1.29, 1.82) is 0 Å². The molecule has 2 rings (SSSR count). The number of carbonyl (C=O) groups excluding carboxylic acids is 1. The average molecular weight is 316 g/mol. The zero-order chi connectivity index (χ0) is 16.7. The number of nitrogens with one attached hydrogen (secondary N) is 1. The Morgan fingerprint density at radius 3 is 2.30 bits per heavy atom. The molecule has 1 aromatic heterocycles. The Balaban J connectivity index is 2.22. The fourth-order valence-corrected chi connectivity index (χ4v) is 2.33. The second-order valence-corrected chi connectivity index (χ2v) is 5.53. The molecule has 6 nitrogen and oxygen atoms in total. The number of para-hydroxylation sites is 1. The molecule has 2 aromatic rings. The van der Waals surface area contributed by atoms with E-state index in [1.807, 2.05) is 18.2 Å². The maximum absolute atomic E-state index is 12.6. The first-order chi connectivity index (χ1) is 11.2. The summed E-state index contributed by atoms with van der Waals surface area (Å²) in [6, 6.07) is 9.08. The van der Waals surface area contributed by atoms with Gasteiger partial charge < -0.3 is 4.90 Å². The number of nitrogens with zero attached hydrogens (tertiary/aromatic N) is 3. The molecular formula is C17H24N4O2. The molecule has 0 bridgehead atoms. The first-order valence-corrected chi connectivity index (χ1v) is 8.21. The Labute approximate surface area is 136 Å². The number of rotatable bonds is 8. The number of carbonyl (C=O) groups is 1. The lowest BCUT2D eigenvalue weighted by molar-refractivity contribution is 0.0738. The summed E-state index contributed by atoms with van der Waals surface area (Å²) >= 11 is 0. The molecule has 0 aliphatic heterocycles. The van der Waals surface area contributed by atoms with Crippen molar-refractivity contribution in [3.8, 4) is 5.69 Å². The molecular weight excluding hydrogens is 292 g/mol. The molecule has 0 spiro atoms. The monoisotopic (exact) mass is 316 g/mol. The molecule has 0 atom stereocenters. The summed E-state index contributed by atoms with van der Waals surface area (Å²) < 4.78 is 1.23. The largest absolute Gasteiger partial charge is 0.348 e. The van der Waals surface area contributed by atoms with Gasteiger partial charge in [-0.05, 0) is 25.0 Å². The standard InChI is InChI=1S/C17H24N4O2/c1-3-5-12-20(13-6-4-2)16(22)15-18-17(23)21(19-15)14-10-8-7-9-11-14/h7-11H,3-6,12-13H2,1-2H3,(H,18,19,23). The van der Waals surface area contributed by atoms with Gasteiger partial charge in [-0.1, -0.05) is 44.9 Å². The van der Waals surface area contributed by atoms with E-state index >= 15 is 0 Å². The third-order valence-corrected chi connectivity index (χ3v) is 3.67. The number of hydrogen-bond donors (Lipinski definition) is 1. The average Bonchev–Trinajstić information content (AvgIpc) is 2.97. The molecule has 0 unspecified atom stereocenters. The summed E-state index contributed by atoms with van der Waals surface area (Å²) in [5.74, 6) is -0.107. The van der Waals surface area contributed by atoms with E-state index in [-0.39, 0.29) is 11.7 Å². The number of unbranched alkanes of at least 4 members (excludes halogenated alkanes) is 2. The van der Waals surface area contributed by atoms with Crippen molar-refractivity contribution in [2.45, 2.75) is 39.5 Å². The molecule has 0 radical (unpaired) electrons. The van der Waals surface area contributed by atoms with E-state index < -0.39 is 5.69 Å². The van der Waals surface area contributed by atoms with Crippen LogP contribution in [0.3, 0.4) is 0 Å². The Morgan fingerprint density at radius 2 is 1.74 bits per heavy atom. The second kappa shape index (κ2) is 8.31. The minimum absolute atomic E-state index is 0.103. The summed E-state index contributed by atoms with van der Waals surface area (Å²) in [4.78, 5) is 29.1. The molecule has 1 aromatic carbocycles. The highest BCUT2D eigenvalue weighted by atomic mass is 16.2. The van der Waals surface area contributed by atoms with Crippen LogP contribution in [0.2, 0.25) is 0 Å². The van der Waals surface area contributed by atoms with E-state index in [0.29, 0.717) is 18.8 Å². The van der Waals surface area contributed by atoms with E-state index in [4.69, 9.17) is 0 Å². The lowest BCUT2D eigenvalue weighted by atomic mass is 10.2. The molecule has 23 heavy (non-hydrogen) atoms. The Kier molecular flexibility index (Phi) is 6.14. The molecule has 0 aliphatic carbocycles. The Hall–Kier alpha value is -2.37. The first kappa shape index (κ1) is 17.0. The van der Waals surface area contributed by atoms with Crippen LogP contribution < -0.4 is 5.69 Å². The highest BCUT2D eigenvalue weighted by Crippen LogP contribution is 2.06. The van der Waals surface area contributed by atoms with Gasteiger partial charge in [0, 0.05) is 13.1 Å². The number of H-pyrrole nitrogens is 1. The molecule has 6 heteroatoms. The van der Waals surface area contributed by atoms with Crippen molar-refractivity contribution in [3.63, 3.8) is 0 Å². The van der Waals surface area contributed by atoms with Crippen LogP contribution in [0, 0.1) is 0 Å². The predicted molar refractivity (Wildman–Crippen MR) is 89.9 cm³/mol. The summed E-state index contributed by atoms with van der Waals surface area (Å²) in [6.45, 7) is 5.56. The lowest BCUT2D eigenvalue weighted by Gasteiger charge is -2.20. The van der Waals surface area contributed by atoms with Crippen molar-refractivity contribution in [1.82, 2.24) is 19.7 Å². The van der Waals surface area contributed by atoms with Gasteiger partial charge in [0.05, 0.1) is 5.69 Å². The second-order valence-electron chi connectivity index (χ2n) is 5.53. The van der Waals surface area contributed by atoms with Crippen LogP contribution in [0.4, 0.5) is 0 Å². The molecule has 1 N–H and O–H groups in total. The molecule has 0 saturated carbocycles. The Morgan fingerprint density at radius 1 is 1.13 bits per heavy atom. The van der Waals surface area contributed by atoms with E-state index in [9.17, 15) is 9.59 Å². The molecule has 124 valence electrons. The number of benzene rings is 1. The first-order valence-electron chi connectivity index (χ1n) is 8.21. The van der Waals surface area contributed by atoms with Gasteiger partial charge in [-0.15, -0.1) is 5.10 Å². The van der Waals surface area contributed by atoms with Crippen LogP contribution in [0.25, 0.3) is 5.69 Å². The predicted octanol–water partition coefficient (Wildman–Crippen LogP) is 2.60. The molecule has 1 heterocycles. The van der Waals surface area contributed by atoms with E-state index in [0.717, 1.165) is 25.7 Å². The highest BCUT2D eigenvalue weighted by molar-refractivity contribution is 5.90. The summed E-state index contributed by atoms with van der Waals surface area (Å²) in [6.07, 6.45) is 3.92. The zero-order valence-electron chi connectivity index (χ0n) is 13.8. The van der Waals surface area contributed by atoms with Gasteiger partial charge in [0.1, 0.15) is 0 Å². The third kappa shape index (κ3) is 4.31. The smallest absolute Gasteiger partial charge is 0.336 e. The minimum Gasteiger partial charge on any atom is -0.336 e. The molecule has 0 aliphatic rings. The maximum atomic E-state index is 12.6. The van der Waals surface area contributed by atoms with Crippen molar-refractivity contribution in [2.75, 3.05) is 13.1 Å². The van der Waals surface area contributed by atoms with Gasteiger partial charge in [-0.25, -0.2) is 4.79 Å². The summed E-state index contributed by atoms with van der Waals surface area (Å²) in [5, 5.41) is 4.17. The zero-order valence-corrected chi connectivity index (χ0v) is 13.8. The molecule has 0 saturated heterocycles. The van der Waals surface area contributed by atoms with Gasteiger partial charge in [0.15, 0.2) is 0 Å². The van der Waals surface area contributed by atoms with Crippen LogP contribution in [0.15, 0.2) is 35.1 Å². The quantitative estimate of drug-likeness (QED) is 0.813. The van der Waals surface area contributed by atoms with Crippen molar-refractivity contribution in [2.24, 2.45) is 0 Å². The summed E-state index contributed by atoms with van der Waals surface area (Å²) in [7, 11) is 0. The van der Waals surface area contributed by atoms with Gasteiger partial charge in [-0.2, -0.15) is 4.68 Å². The number of amides is 1. The number of hydrogen-bond acceptors (Lipinski definition) is 3. The fourth-order valence-electron chi connectivity index (χ4n) is 2.33. The third-order valence-electron chi connectivity index (χ3n) is 3.67. The normalized spacial score (nSPS) is 10.7. The van der Waals surface area contributed by atoms with Crippen LogP contribution in [-0.2, 0) is 0 Å². The Bertz CT molecular complexity index is 667. The molecule has 1 amide bonds. The van der Waals surface area contributed by atoms with Crippen molar-refractivity contribution < 1.29 is 4.79 Å². The summed E-state index contributed by atoms with van der Waals surface area (Å²) in [5.41, 5.74) is 0.243. The van der Waals surface area contributed by atoms with Crippen LogP contribution in [0.1, 0.15) is 50.1 Å². The van der Waals surface area contributed by atoms with Crippen LogP contribution >= 0.6 is 0 Å². The minimum atomic E-state index is -0.398. The van der Waals surface area contributed by atoms with Crippen molar-refractivity contribution >= 4 is 5.91 Å². The van der Waals surface area contributed by atoms with Gasteiger partial charge in [0.25, 0.3) is 5.91 Å². The number of aromatic amines is 1.